The number of thiophene rings is 1. The van der Waals surface area contributed by atoms with Crippen molar-refractivity contribution in [1.82, 2.24) is 19.7 Å². The number of amides is 1. The van der Waals surface area contributed by atoms with E-state index in [2.05, 4.69) is 16.8 Å². The highest BCUT2D eigenvalue weighted by Crippen LogP contribution is 2.24. The van der Waals surface area contributed by atoms with E-state index in [0.717, 1.165) is 10.7 Å². The second-order valence-corrected chi connectivity index (χ2v) is 10.6. The number of thioether (sulfide) groups is 1. The zero-order valence-corrected chi connectivity index (χ0v) is 17.5. The predicted molar refractivity (Wildman–Crippen MR) is 108 cm³/mol. The number of rotatable bonds is 8. The van der Waals surface area contributed by atoms with Crippen molar-refractivity contribution in [1.29, 1.82) is 0 Å². The van der Waals surface area contributed by atoms with E-state index >= 15 is 0 Å². The molecule has 0 aromatic carbocycles. The molecule has 7 nitrogen and oxygen atoms in total. The van der Waals surface area contributed by atoms with Gasteiger partial charge in [0.25, 0.3) is 0 Å². The van der Waals surface area contributed by atoms with Crippen molar-refractivity contribution in [3.8, 4) is 0 Å². The third kappa shape index (κ3) is 4.99. The molecule has 1 fully saturated rings. The van der Waals surface area contributed by atoms with Crippen LogP contribution in [0.15, 0.2) is 35.3 Å². The van der Waals surface area contributed by atoms with Gasteiger partial charge in [-0.3, -0.25) is 4.79 Å². The summed E-state index contributed by atoms with van der Waals surface area (Å²) in [6.45, 7) is 6.61. The largest absolute Gasteiger partial charge is 0.333 e. The van der Waals surface area contributed by atoms with Crippen LogP contribution in [0.5, 0.6) is 0 Å². The van der Waals surface area contributed by atoms with Crippen LogP contribution in [-0.2, 0) is 27.7 Å². The molecule has 0 spiro atoms. The standard InChI is InChI=1S/C17H22N4O3S3/c1-3-7-20-13(2)18-19-17(20)26-11-16(22)21(10-15-5-4-8-25-15)14-6-9-27(23,24)12-14/h3-5,8,14H,1,6-7,9-12H2,2H3/t14-/m0/s1. The van der Waals surface area contributed by atoms with Crippen molar-refractivity contribution in [3.05, 3.63) is 40.9 Å². The van der Waals surface area contributed by atoms with Crippen LogP contribution < -0.4 is 0 Å². The fraction of sp³-hybridized carbons (Fsp3) is 0.471. The Morgan fingerprint density at radius 2 is 2.33 bits per heavy atom. The molecule has 3 heterocycles. The summed E-state index contributed by atoms with van der Waals surface area (Å²) in [4.78, 5) is 15.7. The second kappa shape index (κ2) is 8.57. The Bertz CT molecular complexity index is 906. The van der Waals surface area contributed by atoms with Crippen molar-refractivity contribution < 1.29 is 13.2 Å². The van der Waals surface area contributed by atoms with Gasteiger partial charge in [0.2, 0.25) is 5.91 Å². The molecule has 3 rings (SSSR count). The molecule has 0 N–H and O–H groups in total. The normalized spacial score (nSPS) is 18.5. The van der Waals surface area contributed by atoms with Crippen molar-refractivity contribution >= 4 is 38.8 Å². The summed E-state index contributed by atoms with van der Waals surface area (Å²) >= 11 is 2.89. The maximum Gasteiger partial charge on any atom is 0.233 e. The molecule has 0 radical (unpaired) electrons. The van der Waals surface area contributed by atoms with Gasteiger partial charge in [-0.25, -0.2) is 8.42 Å². The number of hydrogen-bond donors (Lipinski definition) is 0. The Balaban J connectivity index is 1.72. The molecule has 2 aromatic rings. The number of hydrogen-bond acceptors (Lipinski definition) is 7. The van der Waals surface area contributed by atoms with Gasteiger partial charge in [0.15, 0.2) is 15.0 Å². The molecule has 1 atom stereocenters. The van der Waals surface area contributed by atoms with E-state index in [0.29, 0.717) is 24.7 Å². The molecule has 27 heavy (non-hydrogen) atoms. The first-order chi connectivity index (χ1) is 12.9. The number of nitrogens with zero attached hydrogens (tertiary/aromatic N) is 4. The SMILES string of the molecule is C=CCn1c(C)nnc1SCC(=O)N(Cc1cccs1)[C@H]1CCS(=O)(=O)C1. The van der Waals surface area contributed by atoms with Crippen LogP contribution in [0.25, 0.3) is 0 Å². The van der Waals surface area contributed by atoms with Gasteiger partial charge in [-0.2, -0.15) is 0 Å². The van der Waals surface area contributed by atoms with Crippen molar-refractivity contribution in [2.45, 2.75) is 37.6 Å². The van der Waals surface area contributed by atoms with E-state index < -0.39 is 9.84 Å². The Hall–Kier alpha value is -1.65. The Morgan fingerprint density at radius 1 is 1.52 bits per heavy atom. The number of allylic oxidation sites excluding steroid dienone is 1. The van der Waals surface area contributed by atoms with E-state index in [1.54, 1.807) is 22.3 Å². The monoisotopic (exact) mass is 426 g/mol. The Kier molecular flexibility index (Phi) is 6.38. The van der Waals surface area contributed by atoms with Crippen molar-refractivity contribution in [2.24, 2.45) is 0 Å². The summed E-state index contributed by atoms with van der Waals surface area (Å²) in [5.74, 6) is 1.06. The molecule has 1 aliphatic rings. The first kappa shape index (κ1) is 20.1. The van der Waals surface area contributed by atoms with Gasteiger partial charge >= 0.3 is 0 Å². The van der Waals surface area contributed by atoms with Gasteiger partial charge in [-0.15, -0.1) is 28.1 Å². The first-order valence-electron chi connectivity index (χ1n) is 8.55. The molecule has 1 aliphatic heterocycles. The van der Waals surface area contributed by atoms with Crippen LogP contribution in [0.1, 0.15) is 17.1 Å². The summed E-state index contributed by atoms with van der Waals surface area (Å²) in [5.41, 5.74) is 0. The van der Waals surface area contributed by atoms with Crippen molar-refractivity contribution in [2.75, 3.05) is 17.3 Å². The number of sulfone groups is 1. The van der Waals surface area contributed by atoms with E-state index in [4.69, 9.17) is 0 Å². The zero-order valence-electron chi connectivity index (χ0n) is 15.1. The molecular formula is C17H22N4O3S3. The second-order valence-electron chi connectivity index (χ2n) is 6.38. The molecule has 0 unspecified atom stereocenters. The lowest BCUT2D eigenvalue weighted by molar-refractivity contribution is -0.130. The summed E-state index contributed by atoms with van der Waals surface area (Å²) in [7, 11) is -3.07. The fourth-order valence-electron chi connectivity index (χ4n) is 3.03. The van der Waals surface area contributed by atoms with Crippen LogP contribution in [-0.4, -0.2) is 57.3 Å². The number of aromatic nitrogens is 3. The Labute approximate surface area is 167 Å². The highest BCUT2D eigenvalue weighted by molar-refractivity contribution is 7.99. The topological polar surface area (TPSA) is 85.2 Å². The van der Waals surface area contributed by atoms with Crippen molar-refractivity contribution in [3.63, 3.8) is 0 Å². The summed E-state index contributed by atoms with van der Waals surface area (Å²) < 4.78 is 25.7. The highest BCUT2D eigenvalue weighted by Gasteiger charge is 2.34. The van der Waals surface area contributed by atoms with Gasteiger partial charge in [-0.1, -0.05) is 23.9 Å². The molecular weight excluding hydrogens is 404 g/mol. The molecule has 1 amide bonds. The van der Waals surface area contributed by atoms with E-state index in [9.17, 15) is 13.2 Å². The van der Waals surface area contributed by atoms with Crippen LogP contribution >= 0.6 is 23.1 Å². The lowest BCUT2D eigenvalue weighted by atomic mass is 10.2. The fourth-order valence-corrected chi connectivity index (χ4v) is 6.34. The van der Waals surface area contributed by atoms with Gasteiger partial charge < -0.3 is 9.47 Å². The van der Waals surface area contributed by atoms with Crippen LogP contribution in [0.4, 0.5) is 0 Å². The quantitative estimate of drug-likeness (QED) is 0.475. The van der Waals surface area contributed by atoms with Gasteiger partial charge in [0, 0.05) is 17.5 Å². The van der Waals surface area contributed by atoms with E-state index in [-0.39, 0.29) is 29.2 Å². The number of carbonyl (C=O) groups is 1. The highest BCUT2D eigenvalue weighted by atomic mass is 32.2. The summed E-state index contributed by atoms with van der Waals surface area (Å²) in [5, 5.41) is 10.8. The lowest BCUT2D eigenvalue weighted by Crippen LogP contribution is -2.41. The molecule has 1 saturated heterocycles. The van der Waals surface area contributed by atoms with Crippen LogP contribution in [0.2, 0.25) is 0 Å². The average molecular weight is 427 g/mol. The number of carbonyl (C=O) groups excluding carboxylic acids is 1. The number of aryl methyl sites for hydroxylation is 1. The average Bonchev–Trinajstić information content (AvgIpc) is 3.33. The van der Waals surface area contributed by atoms with Gasteiger partial charge in [0.05, 0.1) is 23.8 Å². The molecule has 0 bridgehead atoms. The molecule has 0 aliphatic carbocycles. The first-order valence-corrected chi connectivity index (χ1v) is 12.2. The summed E-state index contributed by atoms with van der Waals surface area (Å²) in [6, 6.07) is 3.63. The molecule has 146 valence electrons. The third-order valence-electron chi connectivity index (χ3n) is 4.41. The van der Waals surface area contributed by atoms with Gasteiger partial charge in [-0.05, 0) is 24.8 Å². The van der Waals surface area contributed by atoms with E-state index in [1.165, 1.54) is 11.8 Å². The zero-order chi connectivity index (χ0) is 19.4. The van der Waals surface area contributed by atoms with Crippen LogP contribution in [0, 0.1) is 6.92 Å². The maximum atomic E-state index is 13.0. The minimum Gasteiger partial charge on any atom is -0.333 e. The third-order valence-corrected chi connectivity index (χ3v) is 7.98. The smallest absolute Gasteiger partial charge is 0.233 e. The minimum atomic E-state index is -3.07. The molecule has 10 heteroatoms. The van der Waals surface area contributed by atoms with Gasteiger partial charge in [0.1, 0.15) is 5.82 Å². The lowest BCUT2D eigenvalue weighted by Gasteiger charge is -2.27. The minimum absolute atomic E-state index is 0.0422. The molecule has 0 saturated carbocycles. The van der Waals surface area contributed by atoms with E-state index in [1.807, 2.05) is 29.0 Å². The van der Waals surface area contributed by atoms with Crippen LogP contribution in [0.3, 0.4) is 0 Å². The predicted octanol–water partition coefficient (Wildman–Crippen LogP) is 2.14. The molecule has 2 aromatic heterocycles. The summed E-state index contributed by atoms with van der Waals surface area (Å²) in [6.07, 6.45) is 2.25. The Morgan fingerprint density at radius 3 is 2.96 bits per heavy atom. The maximum absolute atomic E-state index is 13.0.